The number of hydrogen-bond acceptors (Lipinski definition) is 4. The summed E-state index contributed by atoms with van der Waals surface area (Å²) >= 11 is 1.92. The minimum Gasteiger partial charge on any atom is -0.497 e. The number of nitrogen functional groups attached to an aromatic ring is 1. The van der Waals surface area contributed by atoms with Crippen LogP contribution < -0.4 is 15.8 Å². The third kappa shape index (κ3) is 4.34. The van der Waals surface area contributed by atoms with Gasteiger partial charge in [-0.1, -0.05) is 12.8 Å². The summed E-state index contributed by atoms with van der Waals surface area (Å²) in [6, 6.07) is 5.28. The average molecular weight is 294 g/mol. The molecule has 0 spiro atoms. The number of ether oxygens (including phenoxy) is 1. The number of methoxy groups -OCH3 is 1. The predicted octanol–water partition coefficient (Wildman–Crippen LogP) is 3.28. The molecule has 2 rings (SSSR count). The van der Waals surface area contributed by atoms with E-state index in [-0.39, 0.29) is 5.91 Å². The number of nitrogens with one attached hydrogen (secondary N) is 1. The summed E-state index contributed by atoms with van der Waals surface area (Å²) in [6.07, 6.45) is 5.82. The van der Waals surface area contributed by atoms with Crippen LogP contribution in [0.4, 0.5) is 11.4 Å². The van der Waals surface area contributed by atoms with Crippen LogP contribution in [0.1, 0.15) is 32.1 Å². The highest BCUT2D eigenvalue weighted by Crippen LogP contribution is 2.30. The first-order valence-electron chi connectivity index (χ1n) is 7.04. The fourth-order valence-electron chi connectivity index (χ4n) is 2.37. The van der Waals surface area contributed by atoms with E-state index in [1.165, 1.54) is 25.7 Å². The molecule has 1 fully saturated rings. The van der Waals surface area contributed by atoms with Crippen molar-refractivity contribution in [2.24, 2.45) is 0 Å². The van der Waals surface area contributed by atoms with Gasteiger partial charge in [-0.25, -0.2) is 0 Å². The Morgan fingerprint density at radius 3 is 2.85 bits per heavy atom. The number of thioether (sulfide) groups is 1. The van der Waals surface area contributed by atoms with Gasteiger partial charge >= 0.3 is 0 Å². The van der Waals surface area contributed by atoms with Crippen LogP contribution in [-0.2, 0) is 4.79 Å². The molecule has 1 saturated carbocycles. The molecule has 1 aliphatic rings. The van der Waals surface area contributed by atoms with Gasteiger partial charge < -0.3 is 15.8 Å². The Morgan fingerprint density at radius 2 is 2.20 bits per heavy atom. The molecule has 0 aromatic heterocycles. The molecule has 0 heterocycles. The Balaban J connectivity index is 1.76. The lowest BCUT2D eigenvalue weighted by molar-refractivity contribution is -0.115. The Hall–Kier alpha value is -1.36. The Labute approximate surface area is 124 Å². The molecule has 0 saturated heterocycles. The van der Waals surface area contributed by atoms with Gasteiger partial charge in [0.1, 0.15) is 5.75 Å². The quantitative estimate of drug-likeness (QED) is 0.790. The fraction of sp³-hybridized carbons (Fsp3) is 0.533. The van der Waals surface area contributed by atoms with Crippen molar-refractivity contribution in [3.8, 4) is 5.75 Å². The third-order valence-electron chi connectivity index (χ3n) is 3.52. The third-order valence-corrected chi connectivity index (χ3v) is 4.90. The van der Waals surface area contributed by atoms with E-state index in [1.54, 1.807) is 25.3 Å². The van der Waals surface area contributed by atoms with Crippen molar-refractivity contribution in [2.45, 2.75) is 37.4 Å². The van der Waals surface area contributed by atoms with E-state index in [1.807, 2.05) is 11.8 Å². The minimum atomic E-state index is 0.0207. The highest BCUT2D eigenvalue weighted by molar-refractivity contribution is 7.99. The van der Waals surface area contributed by atoms with E-state index in [0.29, 0.717) is 23.5 Å². The molecule has 110 valence electrons. The zero-order valence-corrected chi connectivity index (χ0v) is 12.7. The molecule has 1 aromatic rings. The summed E-state index contributed by atoms with van der Waals surface area (Å²) < 4.78 is 5.08. The van der Waals surface area contributed by atoms with Crippen molar-refractivity contribution in [3.05, 3.63) is 18.2 Å². The summed E-state index contributed by atoms with van der Waals surface area (Å²) in [7, 11) is 1.59. The van der Waals surface area contributed by atoms with Gasteiger partial charge in [0, 0.05) is 23.5 Å². The van der Waals surface area contributed by atoms with Crippen molar-refractivity contribution >= 4 is 29.0 Å². The first-order chi connectivity index (χ1) is 9.69. The van der Waals surface area contributed by atoms with Gasteiger partial charge in [0.05, 0.1) is 18.5 Å². The molecule has 5 heteroatoms. The zero-order chi connectivity index (χ0) is 14.4. The summed E-state index contributed by atoms with van der Waals surface area (Å²) in [5.41, 5.74) is 7.06. The van der Waals surface area contributed by atoms with E-state index < -0.39 is 0 Å². The van der Waals surface area contributed by atoms with Gasteiger partial charge in [0.15, 0.2) is 0 Å². The maximum absolute atomic E-state index is 11.9. The van der Waals surface area contributed by atoms with Crippen LogP contribution in [0.5, 0.6) is 5.75 Å². The van der Waals surface area contributed by atoms with Gasteiger partial charge in [0.25, 0.3) is 0 Å². The van der Waals surface area contributed by atoms with Crippen molar-refractivity contribution in [1.82, 2.24) is 0 Å². The molecule has 1 amide bonds. The number of carbonyl (C=O) groups excluding carboxylic acids is 1. The lowest BCUT2D eigenvalue weighted by atomic mass is 10.2. The maximum Gasteiger partial charge on any atom is 0.225 e. The van der Waals surface area contributed by atoms with E-state index in [2.05, 4.69) is 5.32 Å². The number of hydrogen-bond donors (Lipinski definition) is 2. The number of anilines is 2. The molecule has 1 aliphatic carbocycles. The van der Waals surface area contributed by atoms with Crippen molar-refractivity contribution in [2.75, 3.05) is 23.9 Å². The van der Waals surface area contributed by atoms with E-state index in [0.717, 1.165) is 11.0 Å². The second kappa shape index (κ2) is 7.43. The lowest BCUT2D eigenvalue weighted by Gasteiger charge is -2.11. The number of nitrogens with two attached hydrogens (primary N) is 1. The minimum absolute atomic E-state index is 0.0207. The van der Waals surface area contributed by atoms with Crippen LogP contribution in [0.2, 0.25) is 0 Å². The molecule has 0 unspecified atom stereocenters. The molecular weight excluding hydrogens is 272 g/mol. The highest BCUT2D eigenvalue weighted by Gasteiger charge is 2.15. The number of rotatable bonds is 6. The normalized spacial score (nSPS) is 15.2. The Kier molecular flexibility index (Phi) is 5.59. The molecule has 20 heavy (non-hydrogen) atoms. The van der Waals surface area contributed by atoms with Crippen LogP contribution in [0, 0.1) is 0 Å². The second-order valence-corrected chi connectivity index (χ2v) is 6.44. The molecule has 1 aromatic carbocycles. The first kappa shape index (κ1) is 15.0. The van der Waals surface area contributed by atoms with Gasteiger partial charge in [-0.2, -0.15) is 11.8 Å². The standard InChI is InChI=1S/C15H22N2O2S/c1-19-11-6-7-14(13(16)10-11)17-15(18)8-9-20-12-4-2-3-5-12/h6-7,10,12H,2-5,8-9,16H2,1H3,(H,17,18). The maximum atomic E-state index is 11.9. The van der Waals surface area contributed by atoms with Gasteiger partial charge in [-0.05, 0) is 25.0 Å². The number of benzene rings is 1. The largest absolute Gasteiger partial charge is 0.497 e. The first-order valence-corrected chi connectivity index (χ1v) is 8.09. The predicted molar refractivity (Wildman–Crippen MR) is 85.4 cm³/mol. The molecule has 0 atom stereocenters. The van der Waals surface area contributed by atoms with Crippen molar-refractivity contribution < 1.29 is 9.53 Å². The van der Waals surface area contributed by atoms with Gasteiger partial charge in [-0.15, -0.1) is 0 Å². The highest BCUT2D eigenvalue weighted by atomic mass is 32.2. The summed E-state index contributed by atoms with van der Waals surface area (Å²) in [6.45, 7) is 0. The Bertz CT molecular complexity index is 459. The topological polar surface area (TPSA) is 64.3 Å². The van der Waals surface area contributed by atoms with Gasteiger partial charge in [-0.3, -0.25) is 4.79 Å². The summed E-state index contributed by atoms with van der Waals surface area (Å²) in [5, 5.41) is 3.61. The molecule has 0 aliphatic heterocycles. The van der Waals surface area contributed by atoms with Gasteiger partial charge in [0.2, 0.25) is 5.91 Å². The number of amides is 1. The molecule has 0 bridgehead atoms. The van der Waals surface area contributed by atoms with Crippen molar-refractivity contribution in [1.29, 1.82) is 0 Å². The van der Waals surface area contributed by atoms with Crippen LogP contribution in [0.15, 0.2) is 18.2 Å². The summed E-state index contributed by atoms with van der Waals surface area (Å²) in [5.74, 6) is 1.59. The number of carbonyl (C=O) groups is 1. The monoisotopic (exact) mass is 294 g/mol. The van der Waals surface area contributed by atoms with E-state index in [4.69, 9.17) is 10.5 Å². The molecule has 0 radical (unpaired) electrons. The Morgan fingerprint density at radius 1 is 1.45 bits per heavy atom. The molecular formula is C15H22N2O2S. The van der Waals surface area contributed by atoms with Crippen LogP contribution in [0.3, 0.4) is 0 Å². The van der Waals surface area contributed by atoms with Crippen LogP contribution in [0.25, 0.3) is 0 Å². The second-order valence-electron chi connectivity index (χ2n) is 5.03. The molecule has 3 N–H and O–H groups in total. The smallest absolute Gasteiger partial charge is 0.225 e. The average Bonchev–Trinajstić information content (AvgIpc) is 2.94. The fourth-order valence-corrected chi connectivity index (χ4v) is 3.67. The van der Waals surface area contributed by atoms with E-state index >= 15 is 0 Å². The van der Waals surface area contributed by atoms with E-state index in [9.17, 15) is 4.79 Å². The van der Waals surface area contributed by atoms with Crippen molar-refractivity contribution in [3.63, 3.8) is 0 Å². The molecule has 4 nitrogen and oxygen atoms in total. The summed E-state index contributed by atoms with van der Waals surface area (Å²) in [4.78, 5) is 11.9. The van der Waals surface area contributed by atoms with Crippen LogP contribution in [-0.4, -0.2) is 24.0 Å². The zero-order valence-electron chi connectivity index (χ0n) is 11.9. The lowest BCUT2D eigenvalue weighted by Crippen LogP contribution is -2.14. The SMILES string of the molecule is COc1ccc(NC(=O)CCSC2CCCC2)c(N)c1. The van der Waals surface area contributed by atoms with Crippen LogP contribution >= 0.6 is 11.8 Å².